The molecule has 1 aromatic carbocycles. The van der Waals surface area contributed by atoms with Crippen molar-refractivity contribution in [3.05, 3.63) is 30.2 Å². The minimum absolute atomic E-state index is 0.221. The Morgan fingerprint density at radius 2 is 2.24 bits per heavy atom. The van der Waals surface area contributed by atoms with Gasteiger partial charge in [0, 0.05) is 5.56 Å². The van der Waals surface area contributed by atoms with E-state index in [1.165, 1.54) is 0 Å². The average Bonchev–Trinajstić information content (AvgIpc) is 2.85. The SMILES string of the molecule is CCCOc1cccc(-c2nnc(CCl)o2)c1. The largest absolute Gasteiger partial charge is 0.494 e. The summed E-state index contributed by atoms with van der Waals surface area (Å²) in [5, 5.41) is 7.74. The Balaban J connectivity index is 2.20. The summed E-state index contributed by atoms with van der Waals surface area (Å²) in [5.41, 5.74) is 0.836. The van der Waals surface area contributed by atoms with Gasteiger partial charge in [-0.25, -0.2) is 0 Å². The Labute approximate surface area is 105 Å². The predicted octanol–water partition coefficient (Wildman–Crippen LogP) is 3.26. The van der Waals surface area contributed by atoms with Gasteiger partial charge in [-0.2, -0.15) is 0 Å². The lowest BCUT2D eigenvalue weighted by atomic mass is 10.2. The molecule has 2 aromatic rings. The van der Waals surface area contributed by atoms with Gasteiger partial charge in [0.25, 0.3) is 0 Å². The topological polar surface area (TPSA) is 48.2 Å². The van der Waals surface area contributed by atoms with Crippen molar-refractivity contribution >= 4 is 11.6 Å². The van der Waals surface area contributed by atoms with Crippen LogP contribution in [-0.4, -0.2) is 16.8 Å². The van der Waals surface area contributed by atoms with Crippen LogP contribution in [0.1, 0.15) is 19.2 Å². The molecule has 5 heteroatoms. The molecule has 0 N–H and O–H groups in total. The monoisotopic (exact) mass is 252 g/mol. The first-order valence-electron chi connectivity index (χ1n) is 5.45. The molecule has 2 rings (SSSR count). The number of nitrogens with zero attached hydrogens (tertiary/aromatic N) is 2. The standard InChI is InChI=1S/C12H13ClN2O2/c1-2-6-16-10-5-3-4-9(7-10)12-15-14-11(8-13)17-12/h3-5,7H,2,6,8H2,1H3. The van der Waals surface area contributed by atoms with Crippen LogP contribution in [0.4, 0.5) is 0 Å². The normalized spacial score (nSPS) is 10.5. The van der Waals surface area contributed by atoms with Crippen LogP contribution in [0.2, 0.25) is 0 Å². The van der Waals surface area contributed by atoms with Gasteiger partial charge in [-0.05, 0) is 24.6 Å². The van der Waals surface area contributed by atoms with Crippen LogP contribution in [0.15, 0.2) is 28.7 Å². The third kappa shape index (κ3) is 2.97. The Morgan fingerprint density at radius 3 is 2.94 bits per heavy atom. The molecule has 0 aliphatic rings. The quantitative estimate of drug-likeness (QED) is 0.767. The molecular formula is C12H13ClN2O2. The summed E-state index contributed by atoms with van der Waals surface area (Å²) in [6, 6.07) is 7.56. The summed E-state index contributed by atoms with van der Waals surface area (Å²) in [5.74, 6) is 1.90. The van der Waals surface area contributed by atoms with E-state index in [1.807, 2.05) is 24.3 Å². The molecule has 0 aliphatic carbocycles. The van der Waals surface area contributed by atoms with Gasteiger partial charge in [0.2, 0.25) is 11.8 Å². The second kappa shape index (κ2) is 5.68. The van der Waals surface area contributed by atoms with Gasteiger partial charge in [0.05, 0.1) is 6.61 Å². The van der Waals surface area contributed by atoms with Gasteiger partial charge in [-0.1, -0.05) is 13.0 Å². The van der Waals surface area contributed by atoms with E-state index in [2.05, 4.69) is 17.1 Å². The van der Waals surface area contributed by atoms with Gasteiger partial charge in [0.1, 0.15) is 11.6 Å². The van der Waals surface area contributed by atoms with Gasteiger partial charge in [-0.3, -0.25) is 0 Å². The molecular weight excluding hydrogens is 240 g/mol. The number of alkyl halides is 1. The third-order valence-electron chi connectivity index (χ3n) is 2.14. The number of benzene rings is 1. The summed E-state index contributed by atoms with van der Waals surface area (Å²) in [6.07, 6.45) is 0.973. The maximum absolute atomic E-state index is 5.61. The van der Waals surface area contributed by atoms with E-state index in [4.69, 9.17) is 20.8 Å². The summed E-state index contributed by atoms with van der Waals surface area (Å²) in [4.78, 5) is 0. The summed E-state index contributed by atoms with van der Waals surface area (Å²) in [6.45, 7) is 2.76. The van der Waals surface area contributed by atoms with E-state index < -0.39 is 0 Å². The van der Waals surface area contributed by atoms with Crippen molar-refractivity contribution in [1.29, 1.82) is 0 Å². The molecule has 1 aromatic heterocycles. The van der Waals surface area contributed by atoms with E-state index in [1.54, 1.807) is 0 Å². The van der Waals surface area contributed by atoms with Gasteiger partial charge < -0.3 is 9.15 Å². The fraction of sp³-hybridized carbons (Fsp3) is 0.333. The number of rotatable bonds is 5. The van der Waals surface area contributed by atoms with Crippen LogP contribution in [-0.2, 0) is 5.88 Å². The Bertz CT molecular complexity index is 485. The highest BCUT2D eigenvalue weighted by atomic mass is 35.5. The predicted molar refractivity (Wildman–Crippen MR) is 65.1 cm³/mol. The molecule has 0 radical (unpaired) electrons. The van der Waals surface area contributed by atoms with Crippen LogP contribution >= 0.6 is 11.6 Å². The minimum Gasteiger partial charge on any atom is -0.494 e. The maximum atomic E-state index is 5.61. The van der Waals surface area contributed by atoms with Gasteiger partial charge in [0.15, 0.2) is 0 Å². The molecule has 0 saturated heterocycles. The lowest BCUT2D eigenvalue weighted by Crippen LogP contribution is -1.94. The highest BCUT2D eigenvalue weighted by molar-refractivity contribution is 6.16. The molecule has 0 fully saturated rings. The van der Waals surface area contributed by atoms with Crippen LogP contribution < -0.4 is 4.74 Å². The number of halogens is 1. The van der Waals surface area contributed by atoms with Crippen molar-refractivity contribution in [3.8, 4) is 17.2 Å². The number of hydrogen-bond acceptors (Lipinski definition) is 4. The molecule has 1 heterocycles. The second-order valence-corrected chi connectivity index (χ2v) is 3.78. The van der Waals surface area contributed by atoms with Crippen molar-refractivity contribution < 1.29 is 9.15 Å². The maximum Gasteiger partial charge on any atom is 0.247 e. The fourth-order valence-corrected chi connectivity index (χ4v) is 1.47. The Morgan fingerprint density at radius 1 is 1.35 bits per heavy atom. The van der Waals surface area contributed by atoms with Crippen molar-refractivity contribution in [2.24, 2.45) is 0 Å². The van der Waals surface area contributed by atoms with Crippen LogP contribution in [0.3, 0.4) is 0 Å². The van der Waals surface area contributed by atoms with Crippen LogP contribution in [0.25, 0.3) is 11.5 Å². The molecule has 17 heavy (non-hydrogen) atoms. The van der Waals surface area contributed by atoms with Crippen LogP contribution in [0.5, 0.6) is 5.75 Å². The first-order chi connectivity index (χ1) is 8.33. The zero-order chi connectivity index (χ0) is 12.1. The lowest BCUT2D eigenvalue weighted by molar-refractivity contribution is 0.317. The fourth-order valence-electron chi connectivity index (χ4n) is 1.36. The zero-order valence-electron chi connectivity index (χ0n) is 9.52. The first kappa shape index (κ1) is 11.9. The van der Waals surface area contributed by atoms with E-state index in [9.17, 15) is 0 Å². The molecule has 0 aliphatic heterocycles. The van der Waals surface area contributed by atoms with Gasteiger partial charge >= 0.3 is 0 Å². The molecule has 0 atom stereocenters. The second-order valence-electron chi connectivity index (χ2n) is 3.51. The molecule has 0 amide bonds. The number of hydrogen-bond donors (Lipinski definition) is 0. The van der Waals surface area contributed by atoms with E-state index >= 15 is 0 Å². The smallest absolute Gasteiger partial charge is 0.247 e. The lowest BCUT2D eigenvalue weighted by Gasteiger charge is -2.04. The Hall–Kier alpha value is -1.55. The molecule has 4 nitrogen and oxygen atoms in total. The summed E-state index contributed by atoms with van der Waals surface area (Å²) < 4.78 is 10.9. The number of aromatic nitrogens is 2. The first-order valence-corrected chi connectivity index (χ1v) is 5.98. The van der Waals surface area contributed by atoms with Crippen molar-refractivity contribution in [1.82, 2.24) is 10.2 Å². The van der Waals surface area contributed by atoms with Crippen molar-refractivity contribution in [3.63, 3.8) is 0 Å². The summed E-state index contributed by atoms with van der Waals surface area (Å²) >= 11 is 5.61. The molecule has 0 bridgehead atoms. The highest BCUT2D eigenvalue weighted by Gasteiger charge is 2.08. The third-order valence-corrected chi connectivity index (χ3v) is 2.36. The molecule has 0 unspecified atom stereocenters. The Kier molecular flexibility index (Phi) is 3.98. The average molecular weight is 253 g/mol. The summed E-state index contributed by atoms with van der Waals surface area (Å²) in [7, 11) is 0. The van der Waals surface area contributed by atoms with E-state index in [-0.39, 0.29) is 5.88 Å². The van der Waals surface area contributed by atoms with Crippen molar-refractivity contribution in [2.75, 3.05) is 6.61 Å². The molecule has 0 spiro atoms. The molecule has 0 saturated carbocycles. The van der Waals surface area contributed by atoms with Gasteiger partial charge in [-0.15, -0.1) is 21.8 Å². The van der Waals surface area contributed by atoms with Crippen LogP contribution in [0, 0.1) is 0 Å². The van der Waals surface area contributed by atoms with E-state index in [0.29, 0.717) is 18.4 Å². The zero-order valence-corrected chi connectivity index (χ0v) is 10.3. The van der Waals surface area contributed by atoms with E-state index in [0.717, 1.165) is 17.7 Å². The molecule has 90 valence electrons. The number of ether oxygens (including phenoxy) is 1. The van der Waals surface area contributed by atoms with Crippen molar-refractivity contribution in [2.45, 2.75) is 19.2 Å². The highest BCUT2D eigenvalue weighted by Crippen LogP contribution is 2.23. The minimum atomic E-state index is 0.221.